The van der Waals surface area contributed by atoms with E-state index in [-0.39, 0.29) is 12.0 Å². The molecule has 0 amide bonds. The van der Waals surface area contributed by atoms with Gasteiger partial charge in [-0.25, -0.2) is 4.79 Å². The fourth-order valence-electron chi connectivity index (χ4n) is 6.80. The van der Waals surface area contributed by atoms with E-state index in [1.165, 1.54) is 50.7 Å². The van der Waals surface area contributed by atoms with E-state index in [0.717, 1.165) is 56.0 Å². The predicted molar refractivity (Wildman–Crippen MR) is 131 cm³/mol. The Morgan fingerprint density at radius 1 is 1.00 bits per heavy atom. The number of esters is 1. The first-order valence-corrected chi connectivity index (χ1v) is 13.5. The monoisotopic (exact) mass is 466 g/mol. The SMILES string of the molecule is O=C(O[C@H]1C[N+]2(CCCCCc3ccccc3)CCC1CC2)[C@](O)(c1ccco1)C1CCCC1. The Bertz CT molecular complexity index is 913. The average Bonchev–Trinajstić information content (AvgIpc) is 3.60. The van der Waals surface area contributed by atoms with Crippen LogP contribution in [0.4, 0.5) is 0 Å². The number of furan rings is 1. The Morgan fingerprint density at radius 3 is 2.47 bits per heavy atom. The highest BCUT2D eigenvalue weighted by Crippen LogP contribution is 2.43. The molecule has 1 aromatic heterocycles. The van der Waals surface area contributed by atoms with Crippen LogP contribution in [0.1, 0.15) is 69.1 Å². The first-order valence-electron chi connectivity index (χ1n) is 13.5. The van der Waals surface area contributed by atoms with Gasteiger partial charge in [-0.3, -0.25) is 0 Å². The number of aryl methyl sites for hydroxylation is 1. The molecule has 0 spiro atoms. The number of rotatable bonds is 10. The molecule has 3 saturated heterocycles. The minimum atomic E-state index is -1.66. The molecule has 2 aromatic rings. The summed E-state index contributed by atoms with van der Waals surface area (Å²) in [6.45, 7) is 4.46. The number of piperidine rings is 3. The third kappa shape index (κ3) is 4.83. The van der Waals surface area contributed by atoms with Gasteiger partial charge in [0, 0.05) is 24.7 Å². The maximum atomic E-state index is 13.5. The summed E-state index contributed by atoms with van der Waals surface area (Å²) < 4.78 is 12.8. The number of carbonyl (C=O) groups is 1. The van der Waals surface area contributed by atoms with Crippen LogP contribution in [0.15, 0.2) is 53.1 Å². The highest BCUT2D eigenvalue weighted by molar-refractivity contribution is 5.81. The van der Waals surface area contributed by atoms with E-state index in [1.54, 1.807) is 12.1 Å². The van der Waals surface area contributed by atoms with Crippen molar-refractivity contribution in [1.82, 2.24) is 0 Å². The van der Waals surface area contributed by atoms with Gasteiger partial charge in [-0.05, 0) is 56.2 Å². The van der Waals surface area contributed by atoms with Crippen LogP contribution in [-0.2, 0) is 21.6 Å². The third-order valence-corrected chi connectivity index (χ3v) is 8.89. The van der Waals surface area contributed by atoms with Crippen molar-refractivity contribution in [3.05, 3.63) is 60.1 Å². The number of hydrogen-bond acceptors (Lipinski definition) is 4. The summed E-state index contributed by atoms with van der Waals surface area (Å²) in [5.74, 6) is 0.147. The second kappa shape index (κ2) is 10.2. The zero-order valence-electron chi connectivity index (χ0n) is 20.4. The van der Waals surface area contributed by atoms with Crippen LogP contribution in [0.25, 0.3) is 0 Å². The maximum absolute atomic E-state index is 13.5. The smallest absolute Gasteiger partial charge is 0.346 e. The number of ether oxygens (including phenoxy) is 1. The van der Waals surface area contributed by atoms with Crippen molar-refractivity contribution in [2.75, 3.05) is 26.2 Å². The number of nitrogens with zero attached hydrogens (tertiary/aromatic N) is 1. The summed E-state index contributed by atoms with van der Waals surface area (Å²) in [7, 11) is 0. The van der Waals surface area contributed by atoms with Gasteiger partial charge in [0.25, 0.3) is 0 Å². The summed E-state index contributed by atoms with van der Waals surface area (Å²) in [6.07, 6.45) is 12.3. The molecule has 1 saturated carbocycles. The Balaban J connectivity index is 1.18. The molecule has 6 rings (SSSR count). The van der Waals surface area contributed by atoms with Crippen LogP contribution >= 0.6 is 0 Å². The third-order valence-electron chi connectivity index (χ3n) is 8.89. The molecule has 1 aromatic carbocycles. The lowest BCUT2D eigenvalue weighted by atomic mass is 9.81. The molecule has 0 radical (unpaired) electrons. The second-order valence-corrected chi connectivity index (χ2v) is 11.0. The quantitative estimate of drug-likeness (QED) is 0.296. The van der Waals surface area contributed by atoms with Crippen molar-refractivity contribution in [1.29, 1.82) is 0 Å². The number of quaternary nitrogens is 1. The van der Waals surface area contributed by atoms with Crippen LogP contribution in [0.5, 0.6) is 0 Å². The zero-order chi connectivity index (χ0) is 23.4. The summed E-state index contributed by atoms with van der Waals surface area (Å²) in [5.41, 5.74) is -0.236. The molecular weight excluding hydrogens is 426 g/mol. The number of benzene rings is 1. The van der Waals surface area contributed by atoms with E-state index in [1.807, 2.05) is 0 Å². The van der Waals surface area contributed by atoms with Gasteiger partial charge in [-0.15, -0.1) is 0 Å². The van der Waals surface area contributed by atoms with E-state index >= 15 is 0 Å². The predicted octanol–water partition coefficient (Wildman–Crippen LogP) is 5.22. The second-order valence-electron chi connectivity index (χ2n) is 11.0. The Hall–Kier alpha value is -2.11. The van der Waals surface area contributed by atoms with E-state index in [4.69, 9.17) is 9.15 Å². The summed E-state index contributed by atoms with van der Waals surface area (Å²) in [4.78, 5) is 13.5. The van der Waals surface area contributed by atoms with Crippen LogP contribution < -0.4 is 0 Å². The van der Waals surface area contributed by atoms with Crippen LogP contribution in [0.3, 0.4) is 0 Å². The van der Waals surface area contributed by atoms with Gasteiger partial charge in [-0.2, -0.15) is 0 Å². The molecule has 5 nitrogen and oxygen atoms in total. The summed E-state index contributed by atoms with van der Waals surface area (Å²) in [5, 5.41) is 11.6. The zero-order valence-corrected chi connectivity index (χ0v) is 20.4. The van der Waals surface area contributed by atoms with Crippen LogP contribution in [0, 0.1) is 11.8 Å². The summed E-state index contributed by atoms with van der Waals surface area (Å²) in [6, 6.07) is 14.2. The molecule has 2 atom stereocenters. The highest BCUT2D eigenvalue weighted by Gasteiger charge is 2.53. The molecule has 0 unspecified atom stereocenters. The van der Waals surface area contributed by atoms with Gasteiger partial charge in [0.1, 0.15) is 12.3 Å². The van der Waals surface area contributed by atoms with Crippen molar-refractivity contribution < 1.29 is 23.5 Å². The number of aliphatic hydroxyl groups is 1. The first-order chi connectivity index (χ1) is 16.6. The fraction of sp³-hybridized carbons (Fsp3) is 0.621. The standard InChI is InChI=1S/C29H40NO4/c31-28(29(32,25-13-6-7-14-25)27-15-9-21-33-27)34-26-22-30(19-16-24(26)17-20-30)18-8-2-5-12-23-10-3-1-4-11-23/h1,3-4,9-11,15,21,24-26,32H,2,5-8,12-14,16-20,22H2/q+1/t24?,26-,29+,30?/m0/s1. The Morgan fingerprint density at radius 2 is 1.76 bits per heavy atom. The first kappa shape index (κ1) is 23.6. The van der Waals surface area contributed by atoms with Crippen molar-refractivity contribution >= 4 is 5.97 Å². The minimum Gasteiger partial charge on any atom is -0.466 e. The number of fused-ring (bicyclic) bond motifs is 3. The molecule has 1 N–H and O–H groups in total. The number of carbonyl (C=O) groups excluding carboxylic acids is 1. The van der Waals surface area contributed by atoms with Gasteiger partial charge in [0.05, 0.1) is 25.9 Å². The van der Waals surface area contributed by atoms with Gasteiger partial charge in [0.15, 0.2) is 6.10 Å². The topological polar surface area (TPSA) is 59.7 Å². The van der Waals surface area contributed by atoms with Crippen molar-refractivity contribution in [3.63, 3.8) is 0 Å². The molecule has 4 fully saturated rings. The van der Waals surface area contributed by atoms with E-state index in [0.29, 0.717) is 11.7 Å². The van der Waals surface area contributed by atoms with Crippen LogP contribution in [0.2, 0.25) is 0 Å². The van der Waals surface area contributed by atoms with Gasteiger partial charge in [-0.1, -0.05) is 43.2 Å². The van der Waals surface area contributed by atoms with Crippen molar-refractivity contribution in [3.8, 4) is 0 Å². The lowest BCUT2D eigenvalue weighted by molar-refractivity contribution is -0.946. The molecule has 1 aliphatic carbocycles. The van der Waals surface area contributed by atoms with Crippen LogP contribution in [-0.4, -0.2) is 47.8 Å². The maximum Gasteiger partial charge on any atom is 0.346 e. The van der Waals surface area contributed by atoms with Gasteiger partial charge >= 0.3 is 5.97 Å². The molecule has 184 valence electrons. The van der Waals surface area contributed by atoms with Crippen molar-refractivity contribution in [2.45, 2.75) is 75.9 Å². The molecule has 34 heavy (non-hydrogen) atoms. The van der Waals surface area contributed by atoms with Gasteiger partial charge < -0.3 is 18.7 Å². The fourth-order valence-corrected chi connectivity index (χ4v) is 6.80. The van der Waals surface area contributed by atoms with E-state index < -0.39 is 11.6 Å². The lowest BCUT2D eigenvalue weighted by Gasteiger charge is -2.52. The molecular formula is C29H40NO4+. The molecule has 4 aliphatic rings. The Labute approximate surface area is 203 Å². The number of unbranched alkanes of at least 4 members (excludes halogenated alkanes) is 2. The lowest BCUT2D eigenvalue weighted by Crippen LogP contribution is -2.65. The van der Waals surface area contributed by atoms with E-state index in [9.17, 15) is 9.90 Å². The largest absolute Gasteiger partial charge is 0.466 e. The van der Waals surface area contributed by atoms with E-state index in [2.05, 4.69) is 30.3 Å². The minimum absolute atomic E-state index is 0.0952. The van der Waals surface area contributed by atoms with Crippen molar-refractivity contribution in [2.24, 2.45) is 11.8 Å². The molecule has 4 heterocycles. The Kier molecular flexibility index (Phi) is 7.12. The molecule has 2 bridgehead atoms. The molecule has 3 aliphatic heterocycles. The summed E-state index contributed by atoms with van der Waals surface area (Å²) >= 11 is 0. The highest BCUT2D eigenvalue weighted by atomic mass is 16.6. The normalized spacial score (nSPS) is 28.6. The average molecular weight is 467 g/mol. The molecule has 5 heteroatoms. The van der Waals surface area contributed by atoms with Gasteiger partial charge in [0.2, 0.25) is 5.60 Å². The number of hydrogen-bond donors (Lipinski definition) is 1.